The smallest absolute Gasteiger partial charge is 0.242 e. The molecule has 1 atom stereocenters. The van der Waals surface area contributed by atoms with Crippen molar-refractivity contribution in [3.8, 4) is 0 Å². The Balaban J connectivity index is 0.00000140. The lowest BCUT2D eigenvalue weighted by atomic mass is 9.97. The van der Waals surface area contributed by atoms with Gasteiger partial charge in [-0.1, -0.05) is 6.07 Å². The van der Waals surface area contributed by atoms with Crippen LogP contribution in [-0.4, -0.2) is 38.2 Å². The minimum Gasteiger partial charge on any atom is -0.349 e. The third-order valence-corrected chi connectivity index (χ3v) is 4.96. The van der Waals surface area contributed by atoms with Crippen LogP contribution in [-0.2, 0) is 17.9 Å². The summed E-state index contributed by atoms with van der Waals surface area (Å²) >= 11 is 0. The van der Waals surface area contributed by atoms with E-state index >= 15 is 0 Å². The number of fused-ring (bicyclic) bond motifs is 1. The van der Waals surface area contributed by atoms with Crippen molar-refractivity contribution in [3.63, 3.8) is 0 Å². The van der Waals surface area contributed by atoms with Crippen molar-refractivity contribution in [1.29, 1.82) is 0 Å². The van der Waals surface area contributed by atoms with Gasteiger partial charge >= 0.3 is 0 Å². The number of aromatic nitrogens is 4. The van der Waals surface area contributed by atoms with Crippen molar-refractivity contribution in [2.45, 2.75) is 38.8 Å². The van der Waals surface area contributed by atoms with Crippen LogP contribution < -0.4 is 10.6 Å². The molecule has 7 nitrogen and oxygen atoms in total. The first-order valence-electron chi connectivity index (χ1n) is 9.13. The molecule has 3 aromatic heterocycles. The van der Waals surface area contributed by atoms with E-state index in [0.29, 0.717) is 12.5 Å². The Morgan fingerprint density at radius 2 is 2.18 bits per heavy atom. The number of pyridine rings is 1. The normalized spacial score (nSPS) is 16.2. The van der Waals surface area contributed by atoms with E-state index in [2.05, 4.69) is 20.7 Å². The number of nitrogens with one attached hydrogen (secondary N) is 2. The predicted octanol–water partition coefficient (Wildman–Crippen LogP) is 2.47. The summed E-state index contributed by atoms with van der Waals surface area (Å²) in [6.07, 6.45) is 8.00. The fraction of sp³-hybridized carbons (Fsp3) is 0.421. The van der Waals surface area contributed by atoms with Crippen LogP contribution in [0.4, 0.5) is 0 Å². The Kier molecular flexibility index (Phi) is 7.86. The number of carbonyl (C=O) groups is 1. The van der Waals surface area contributed by atoms with Gasteiger partial charge in [-0.15, -0.1) is 24.8 Å². The molecule has 1 unspecified atom stereocenters. The summed E-state index contributed by atoms with van der Waals surface area (Å²) in [7, 11) is 0. The summed E-state index contributed by atoms with van der Waals surface area (Å²) in [4.78, 5) is 16.7. The minimum absolute atomic E-state index is 0. The quantitative estimate of drug-likeness (QED) is 0.659. The maximum absolute atomic E-state index is 12.3. The van der Waals surface area contributed by atoms with Crippen molar-refractivity contribution >= 4 is 36.4 Å². The molecule has 1 fully saturated rings. The van der Waals surface area contributed by atoms with Crippen LogP contribution in [0.5, 0.6) is 0 Å². The maximum atomic E-state index is 12.3. The van der Waals surface area contributed by atoms with Crippen LogP contribution in [0, 0.1) is 6.92 Å². The Morgan fingerprint density at radius 3 is 2.96 bits per heavy atom. The number of carbonyl (C=O) groups excluding carboxylic acids is 1. The molecule has 2 N–H and O–H groups in total. The summed E-state index contributed by atoms with van der Waals surface area (Å²) in [5.74, 6) is 0.401. The first kappa shape index (κ1) is 22.2. The summed E-state index contributed by atoms with van der Waals surface area (Å²) in [6, 6.07) is 6.04. The van der Waals surface area contributed by atoms with Gasteiger partial charge in [0.2, 0.25) is 5.91 Å². The molecule has 152 valence electrons. The van der Waals surface area contributed by atoms with Gasteiger partial charge < -0.3 is 15.0 Å². The van der Waals surface area contributed by atoms with Gasteiger partial charge in [0.05, 0.1) is 24.1 Å². The summed E-state index contributed by atoms with van der Waals surface area (Å²) in [6.45, 7) is 4.77. The van der Waals surface area contributed by atoms with E-state index in [0.717, 1.165) is 42.1 Å². The molecule has 0 bridgehead atoms. The van der Waals surface area contributed by atoms with Crippen molar-refractivity contribution in [2.75, 3.05) is 13.1 Å². The number of imidazole rings is 1. The molecule has 4 heterocycles. The van der Waals surface area contributed by atoms with Gasteiger partial charge in [0, 0.05) is 24.9 Å². The van der Waals surface area contributed by atoms with Crippen LogP contribution in [0.3, 0.4) is 0 Å². The molecule has 4 rings (SSSR count). The molecule has 28 heavy (non-hydrogen) atoms. The maximum Gasteiger partial charge on any atom is 0.242 e. The Morgan fingerprint density at radius 1 is 1.32 bits per heavy atom. The van der Waals surface area contributed by atoms with Crippen molar-refractivity contribution < 1.29 is 4.79 Å². The largest absolute Gasteiger partial charge is 0.349 e. The molecule has 0 aromatic carbocycles. The van der Waals surface area contributed by atoms with E-state index in [9.17, 15) is 4.79 Å². The van der Waals surface area contributed by atoms with Crippen LogP contribution in [0.2, 0.25) is 0 Å². The molecule has 1 aliphatic heterocycles. The number of hydrogen-bond acceptors (Lipinski definition) is 4. The van der Waals surface area contributed by atoms with Gasteiger partial charge in [0.15, 0.2) is 0 Å². The number of hydrogen-bond donors (Lipinski definition) is 2. The average Bonchev–Trinajstić information content (AvgIpc) is 3.29. The first-order chi connectivity index (χ1) is 12.7. The third kappa shape index (κ3) is 4.84. The Labute approximate surface area is 176 Å². The van der Waals surface area contributed by atoms with E-state index in [1.165, 1.54) is 6.42 Å². The van der Waals surface area contributed by atoms with Crippen molar-refractivity contribution in [2.24, 2.45) is 0 Å². The highest BCUT2D eigenvalue weighted by Crippen LogP contribution is 2.21. The minimum atomic E-state index is -0.0518. The molecular weight excluding hydrogens is 399 g/mol. The molecule has 0 saturated carbocycles. The second-order valence-corrected chi connectivity index (χ2v) is 6.89. The molecule has 9 heteroatoms. The molecule has 0 radical (unpaired) electrons. The van der Waals surface area contributed by atoms with Gasteiger partial charge in [0.25, 0.3) is 0 Å². The molecule has 0 aliphatic carbocycles. The SMILES string of the molecule is Cc1cccn2c(CNC(=O)Cn3ccc(C4CCCNC4)n3)cnc12.Cl.Cl. The molecule has 1 saturated heterocycles. The number of halogens is 2. The summed E-state index contributed by atoms with van der Waals surface area (Å²) in [5.41, 5.74) is 4.08. The van der Waals surface area contributed by atoms with E-state index in [4.69, 9.17) is 0 Å². The van der Waals surface area contributed by atoms with E-state index in [1.54, 1.807) is 4.68 Å². The number of nitrogens with zero attached hydrogens (tertiary/aromatic N) is 4. The second kappa shape index (κ2) is 9.91. The zero-order chi connectivity index (χ0) is 17.9. The van der Waals surface area contributed by atoms with Crippen molar-refractivity contribution in [3.05, 3.63) is 53.7 Å². The summed E-state index contributed by atoms with van der Waals surface area (Å²) < 4.78 is 3.73. The lowest BCUT2D eigenvalue weighted by molar-refractivity contribution is -0.122. The van der Waals surface area contributed by atoms with Gasteiger partial charge in [-0.05, 0) is 44.0 Å². The average molecular weight is 425 g/mol. The highest BCUT2D eigenvalue weighted by molar-refractivity contribution is 5.85. The number of piperidine rings is 1. The number of rotatable bonds is 5. The Bertz CT molecular complexity index is 916. The third-order valence-electron chi connectivity index (χ3n) is 4.96. The molecule has 3 aromatic rings. The molecule has 1 aliphatic rings. The fourth-order valence-electron chi connectivity index (χ4n) is 3.51. The fourth-order valence-corrected chi connectivity index (χ4v) is 3.51. The van der Waals surface area contributed by atoms with Crippen molar-refractivity contribution in [1.82, 2.24) is 29.8 Å². The molecular formula is C19H26Cl2N6O. The van der Waals surface area contributed by atoms with E-state index in [-0.39, 0.29) is 37.3 Å². The van der Waals surface area contributed by atoms with E-state index in [1.807, 2.05) is 48.1 Å². The van der Waals surface area contributed by atoms with E-state index < -0.39 is 0 Å². The topological polar surface area (TPSA) is 76.2 Å². The Hall–Kier alpha value is -2.09. The zero-order valence-electron chi connectivity index (χ0n) is 15.8. The van der Waals surface area contributed by atoms with Gasteiger partial charge in [-0.2, -0.15) is 5.10 Å². The van der Waals surface area contributed by atoms with Crippen LogP contribution in [0.15, 0.2) is 36.8 Å². The second-order valence-electron chi connectivity index (χ2n) is 6.89. The highest BCUT2D eigenvalue weighted by atomic mass is 35.5. The zero-order valence-corrected chi connectivity index (χ0v) is 17.4. The van der Waals surface area contributed by atoms with Gasteiger partial charge in [0.1, 0.15) is 12.2 Å². The monoisotopic (exact) mass is 424 g/mol. The summed E-state index contributed by atoms with van der Waals surface area (Å²) in [5, 5.41) is 10.9. The first-order valence-corrected chi connectivity index (χ1v) is 9.13. The van der Waals surface area contributed by atoms with Gasteiger partial charge in [-0.3, -0.25) is 9.48 Å². The van der Waals surface area contributed by atoms with Crippen LogP contribution >= 0.6 is 24.8 Å². The van der Waals surface area contributed by atoms with Crippen LogP contribution in [0.1, 0.15) is 35.7 Å². The number of aryl methyl sites for hydroxylation is 1. The molecule has 1 amide bonds. The van der Waals surface area contributed by atoms with Crippen LogP contribution in [0.25, 0.3) is 5.65 Å². The molecule has 0 spiro atoms. The lowest BCUT2D eigenvalue weighted by Crippen LogP contribution is -2.29. The predicted molar refractivity (Wildman–Crippen MR) is 113 cm³/mol. The number of amides is 1. The van der Waals surface area contributed by atoms with Gasteiger partial charge in [-0.25, -0.2) is 4.98 Å². The highest BCUT2D eigenvalue weighted by Gasteiger charge is 2.18. The standard InChI is InChI=1S/C19H24N6O.2ClH/c1-14-4-3-8-25-16(12-22-19(14)25)11-21-18(26)13-24-9-6-17(23-24)15-5-2-7-20-10-15;;/h3-4,6,8-9,12,15,20H,2,5,7,10-11,13H2,1H3,(H,21,26);2*1H. The lowest BCUT2D eigenvalue weighted by Gasteiger charge is -2.20.